The average molecular weight is 446 g/mol. The number of amides is 1. The normalized spacial score (nSPS) is 13.4. The van der Waals surface area contributed by atoms with Crippen molar-refractivity contribution in [2.75, 3.05) is 15.7 Å². The first-order valence-electron chi connectivity index (χ1n) is 9.36. The number of halogens is 1. The van der Waals surface area contributed by atoms with Crippen molar-refractivity contribution in [3.05, 3.63) is 69.9 Å². The van der Waals surface area contributed by atoms with Crippen molar-refractivity contribution in [3.63, 3.8) is 0 Å². The third-order valence-corrected chi connectivity index (χ3v) is 7.59. The quantitative estimate of drug-likeness (QED) is 0.597. The fourth-order valence-electron chi connectivity index (χ4n) is 3.54. The van der Waals surface area contributed by atoms with Crippen LogP contribution in [0.25, 0.3) is 0 Å². The molecule has 2 aromatic carbocycles. The van der Waals surface area contributed by atoms with Gasteiger partial charge in [-0.15, -0.1) is 11.3 Å². The highest BCUT2D eigenvalue weighted by atomic mass is 32.2. The van der Waals surface area contributed by atoms with Crippen molar-refractivity contribution < 1.29 is 17.6 Å². The molecule has 0 radical (unpaired) electrons. The number of hydrogen-bond donors (Lipinski definition) is 0. The third-order valence-electron chi connectivity index (χ3n) is 5.00. The average Bonchev–Trinajstić information content (AvgIpc) is 3.32. The third kappa shape index (κ3) is 3.82. The van der Waals surface area contributed by atoms with Gasteiger partial charge in [0.15, 0.2) is 0 Å². The maximum absolute atomic E-state index is 13.6. The van der Waals surface area contributed by atoms with Gasteiger partial charge < -0.3 is 4.90 Å². The molecule has 156 valence electrons. The Morgan fingerprint density at radius 3 is 2.60 bits per heavy atom. The number of hydrogen-bond acceptors (Lipinski definition) is 5. The molecule has 1 aliphatic heterocycles. The zero-order valence-corrected chi connectivity index (χ0v) is 18.1. The van der Waals surface area contributed by atoms with Gasteiger partial charge in [0.25, 0.3) is 10.0 Å². The first-order chi connectivity index (χ1) is 14.3. The van der Waals surface area contributed by atoms with E-state index in [1.165, 1.54) is 52.9 Å². The maximum atomic E-state index is 13.6. The van der Waals surface area contributed by atoms with E-state index in [1.807, 2.05) is 12.3 Å². The maximum Gasteiger partial charge on any atom is 0.264 e. The number of carbonyl (C=O) groups excluding carboxylic acids is 1. The number of anilines is 2. The molecule has 3 aromatic rings. The Morgan fingerprint density at radius 1 is 1.23 bits per heavy atom. The predicted octanol–water partition coefficient (Wildman–Crippen LogP) is 3.90. The number of aromatic nitrogens is 1. The van der Waals surface area contributed by atoms with E-state index in [0.29, 0.717) is 24.3 Å². The Hall–Kier alpha value is -2.78. The van der Waals surface area contributed by atoms with Crippen LogP contribution in [0.3, 0.4) is 0 Å². The van der Waals surface area contributed by atoms with Crippen LogP contribution < -0.4 is 9.21 Å². The zero-order chi connectivity index (χ0) is 21.5. The zero-order valence-electron chi connectivity index (χ0n) is 16.5. The summed E-state index contributed by atoms with van der Waals surface area (Å²) in [5.41, 5.74) is 2.53. The van der Waals surface area contributed by atoms with E-state index < -0.39 is 15.8 Å². The monoisotopic (exact) mass is 445 g/mol. The number of sulfonamides is 1. The Kier molecular flexibility index (Phi) is 5.33. The molecule has 6 nitrogen and oxygen atoms in total. The fraction of sp³-hybridized carbons (Fsp3) is 0.238. The second-order valence-corrected chi connectivity index (χ2v) is 9.98. The molecule has 4 rings (SSSR count). The molecule has 1 aromatic heterocycles. The molecule has 0 saturated carbocycles. The molecule has 0 unspecified atom stereocenters. The molecule has 0 spiro atoms. The van der Waals surface area contributed by atoms with E-state index in [1.54, 1.807) is 17.0 Å². The highest BCUT2D eigenvalue weighted by Crippen LogP contribution is 2.33. The van der Waals surface area contributed by atoms with Crippen LogP contribution in [0.1, 0.15) is 23.2 Å². The first-order valence-corrected chi connectivity index (χ1v) is 11.7. The Bertz CT molecular complexity index is 1210. The minimum atomic E-state index is -3.94. The Morgan fingerprint density at radius 2 is 1.97 bits per heavy atom. The molecule has 1 aliphatic rings. The van der Waals surface area contributed by atoms with E-state index in [-0.39, 0.29) is 17.3 Å². The molecule has 0 saturated heterocycles. The molecule has 0 fully saturated rings. The van der Waals surface area contributed by atoms with E-state index >= 15 is 0 Å². The summed E-state index contributed by atoms with van der Waals surface area (Å²) in [7, 11) is -3.94. The van der Waals surface area contributed by atoms with Gasteiger partial charge >= 0.3 is 0 Å². The molecule has 0 bridgehead atoms. The highest BCUT2D eigenvalue weighted by Gasteiger charge is 2.29. The molecule has 0 aliphatic carbocycles. The van der Waals surface area contributed by atoms with Crippen LogP contribution in [-0.4, -0.2) is 25.9 Å². The van der Waals surface area contributed by atoms with Gasteiger partial charge in [-0.25, -0.2) is 17.8 Å². The number of rotatable bonds is 5. The summed E-state index contributed by atoms with van der Waals surface area (Å²) in [4.78, 5) is 17.9. The standard InChI is InChI=1S/C21H20FN3O3S2/c1-14-23-18(13-29-14)12-25(19-5-3-17(22)4-6-19)30(27,28)20-7-8-21-16(11-20)9-10-24(21)15(2)26/h3-8,11,13H,9-10,12H2,1-2H3. The summed E-state index contributed by atoms with van der Waals surface area (Å²) in [5, 5.41) is 2.65. The summed E-state index contributed by atoms with van der Waals surface area (Å²) in [6, 6.07) is 10.2. The van der Waals surface area contributed by atoms with Gasteiger partial charge in [-0.1, -0.05) is 0 Å². The van der Waals surface area contributed by atoms with E-state index in [4.69, 9.17) is 0 Å². The van der Waals surface area contributed by atoms with Crippen molar-refractivity contribution in [2.45, 2.75) is 31.7 Å². The van der Waals surface area contributed by atoms with Gasteiger partial charge in [0, 0.05) is 24.5 Å². The second-order valence-electron chi connectivity index (χ2n) is 7.06. The van der Waals surface area contributed by atoms with Crippen LogP contribution in [0.15, 0.2) is 52.7 Å². The molecule has 0 N–H and O–H groups in total. The smallest absolute Gasteiger partial charge is 0.264 e. The summed E-state index contributed by atoms with van der Waals surface area (Å²) < 4.78 is 41.8. The summed E-state index contributed by atoms with van der Waals surface area (Å²) in [5.74, 6) is -0.515. The van der Waals surface area contributed by atoms with Crippen molar-refractivity contribution in [1.82, 2.24) is 4.98 Å². The largest absolute Gasteiger partial charge is 0.312 e. The number of benzene rings is 2. The number of thiazole rings is 1. The van der Waals surface area contributed by atoms with Crippen LogP contribution in [0.4, 0.5) is 15.8 Å². The van der Waals surface area contributed by atoms with Crippen molar-refractivity contribution in [3.8, 4) is 0 Å². The fourth-order valence-corrected chi connectivity index (χ4v) is 5.63. The minimum Gasteiger partial charge on any atom is -0.312 e. The van der Waals surface area contributed by atoms with E-state index in [0.717, 1.165) is 16.3 Å². The highest BCUT2D eigenvalue weighted by molar-refractivity contribution is 7.92. The molecular weight excluding hydrogens is 425 g/mol. The Balaban J connectivity index is 1.75. The molecule has 30 heavy (non-hydrogen) atoms. The van der Waals surface area contributed by atoms with Gasteiger partial charge in [-0.3, -0.25) is 9.10 Å². The predicted molar refractivity (Wildman–Crippen MR) is 115 cm³/mol. The van der Waals surface area contributed by atoms with Crippen LogP contribution in [-0.2, 0) is 27.8 Å². The van der Waals surface area contributed by atoms with E-state index in [2.05, 4.69) is 4.98 Å². The number of fused-ring (bicyclic) bond motifs is 1. The molecule has 9 heteroatoms. The van der Waals surface area contributed by atoms with Gasteiger partial charge in [0.05, 0.1) is 27.8 Å². The van der Waals surface area contributed by atoms with Gasteiger partial charge in [-0.2, -0.15) is 0 Å². The molecular formula is C21H20FN3O3S2. The SMILES string of the molecule is CC(=O)N1CCc2cc(S(=O)(=O)N(Cc3csc(C)n3)c3ccc(F)cc3)ccc21. The van der Waals surface area contributed by atoms with Crippen LogP contribution in [0.2, 0.25) is 0 Å². The van der Waals surface area contributed by atoms with Crippen LogP contribution >= 0.6 is 11.3 Å². The topological polar surface area (TPSA) is 70.6 Å². The number of aryl methyl sites for hydroxylation is 1. The lowest BCUT2D eigenvalue weighted by Gasteiger charge is -2.24. The molecule has 2 heterocycles. The second kappa shape index (κ2) is 7.81. The van der Waals surface area contributed by atoms with Gasteiger partial charge in [-0.05, 0) is 61.4 Å². The van der Waals surface area contributed by atoms with Gasteiger partial charge in [0.1, 0.15) is 5.82 Å². The molecule has 0 atom stereocenters. The summed E-state index contributed by atoms with van der Waals surface area (Å²) >= 11 is 1.44. The summed E-state index contributed by atoms with van der Waals surface area (Å²) in [6.45, 7) is 3.92. The van der Waals surface area contributed by atoms with Crippen LogP contribution in [0.5, 0.6) is 0 Å². The van der Waals surface area contributed by atoms with E-state index in [9.17, 15) is 17.6 Å². The summed E-state index contributed by atoms with van der Waals surface area (Å²) in [6.07, 6.45) is 0.597. The minimum absolute atomic E-state index is 0.0367. The lowest BCUT2D eigenvalue weighted by Crippen LogP contribution is -2.31. The Labute approximate surface area is 178 Å². The van der Waals surface area contributed by atoms with Crippen LogP contribution in [0, 0.1) is 12.7 Å². The number of carbonyl (C=O) groups is 1. The van der Waals surface area contributed by atoms with Crippen molar-refractivity contribution >= 4 is 38.6 Å². The first kappa shape index (κ1) is 20.5. The van der Waals surface area contributed by atoms with Crippen molar-refractivity contribution in [2.24, 2.45) is 0 Å². The lowest BCUT2D eigenvalue weighted by atomic mass is 10.2. The molecule has 1 amide bonds. The van der Waals surface area contributed by atoms with Crippen molar-refractivity contribution in [1.29, 1.82) is 0 Å². The number of nitrogens with zero attached hydrogens (tertiary/aromatic N) is 3. The lowest BCUT2D eigenvalue weighted by molar-refractivity contribution is -0.116. The van der Waals surface area contributed by atoms with Gasteiger partial charge in [0.2, 0.25) is 5.91 Å².